The number of hydrogen-bond donors (Lipinski definition) is 1. The average molecular weight is 487 g/mol. The van der Waals surface area contributed by atoms with Crippen LogP contribution < -0.4 is 10.1 Å². The quantitative estimate of drug-likeness (QED) is 0.423. The number of carbonyl (C=O) groups is 3. The number of carbonyl (C=O) groups excluding carboxylic acids is 3. The zero-order valence-corrected chi connectivity index (χ0v) is 20.6. The fourth-order valence-corrected chi connectivity index (χ4v) is 4.54. The number of amides is 3. The van der Waals surface area contributed by atoms with Crippen LogP contribution in [0.25, 0.3) is 6.08 Å². The van der Waals surface area contributed by atoms with Gasteiger partial charge in [0.15, 0.2) is 0 Å². The Hall–Kier alpha value is -3.84. The lowest BCUT2D eigenvalue weighted by molar-refractivity contribution is -0.127. The summed E-state index contributed by atoms with van der Waals surface area (Å²) in [4.78, 5) is 38.9. The smallest absolute Gasteiger partial charge is 0.294 e. The van der Waals surface area contributed by atoms with Crippen LogP contribution in [0.5, 0.6) is 5.75 Å². The van der Waals surface area contributed by atoms with Crippen molar-refractivity contribution < 1.29 is 19.1 Å². The van der Waals surface area contributed by atoms with Crippen LogP contribution in [0.2, 0.25) is 0 Å². The first kappa shape index (κ1) is 24.3. The van der Waals surface area contributed by atoms with E-state index in [2.05, 4.69) is 11.4 Å². The summed E-state index contributed by atoms with van der Waals surface area (Å²) in [5.74, 6) is -0.189. The normalized spacial score (nSPS) is 14.5. The maximum absolute atomic E-state index is 12.8. The van der Waals surface area contributed by atoms with E-state index in [9.17, 15) is 14.4 Å². The summed E-state index contributed by atoms with van der Waals surface area (Å²) in [5, 5.41) is 2.31. The molecule has 0 unspecified atom stereocenters. The molecule has 3 aromatic rings. The molecule has 0 radical (unpaired) electrons. The lowest BCUT2D eigenvalue weighted by Crippen LogP contribution is -2.36. The van der Waals surface area contributed by atoms with Gasteiger partial charge in [0.2, 0.25) is 5.91 Å². The van der Waals surface area contributed by atoms with Gasteiger partial charge in [0.05, 0.1) is 4.91 Å². The van der Waals surface area contributed by atoms with Crippen molar-refractivity contribution in [2.45, 2.75) is 27.4 Å². The van der Waals surface area contributed by atoms with Crippen LogP contribution in [0.4, 0.5) is 10.5 Å². The Morgan fingerprint density at radius 3 is 2.43 bits per heavy atom. The molecule has 0 bridgehead atoms. The molecule has 3 amide bonds. The molecule has 35 heavy (non-hydrogen) atoms. The van der Waals surface area contributed by atoms with Gasteiger partial charge in [-0.15, -0.1) is 0 Å². The van der Waals surface area contributed by atoms with Crippen LogP contribution in [0, 0.1) is 20.8 Å². The van der Waals surface area contributed by atoms with Crippen molar-refractivity contribution >= 4 is 40.6 Å². The molecule has 1 heterocycles. The van der Waals surface area contributed by atoms with Crippen LogP contribution in [0.15, 0.2) is 71.6 Å². The molecule has 1 aliphatic rings. The van der Waals surface area contributed by atoms with Gasteiger partial charge in [0.1, 0.15) is 18.9 Å². The first-order chi connectivity index (χ1) is 16.8. The molecule has 0 saturated carbocycles. The molecular weight excluding hydrogens is 460 g/mol. The molecular formula is C28H26N2O4S. The van der Waals surface area contributed by atoms with Crippen LogP contribution in [0.3, 0.4) is 0 Å². The minimum Gasteiger partial charge on any atom is -0.489 e. The number of imide groups is 1. The fraction of sp³-hybridized carbons (Fsp3) is 0.179. The van der Waals surface area contributed by atoms with Crippen molar-refractivity contribution in [3.63, 3.8) is 0 Å². The number of nitrogens with zero attached hydrogens (tertiary/aromatic N) is 1. The number of benzene rings is 3. The Morgan fingerprint density at radius 1 is 0.971 bits per heavy atom. The Balaban J connectivity index is 1.36. The van der Waals surface area contributed by atoms with Crippen LogP contribution in [-0.4, -0.2) is 28.5 Å². The van der Waals surface area contributed by atoms with Gasteiger partial charge in [-0.2, -0.15) is 0 Å². The van der Waals surface area contributed by atoms with Crippen LogP contribution in [-0.2, 0) is 16.2 Å². The zero-order chi connectivity index (χ0) is 24.9. The third kappa shape index (κ3) is 6.19. The highest BCUT2D eigenvalue weighted by Crippen LogP contribution is 2.32. The predicted molar refractivity (Wildman–Crippen MR) is 139 cm³/mol. The van der Waals surface area contributed by atoms with Gasteiger partial charge in [-0.3, -0.25) is 19.3 Å². The molecule has 0 spiro atoms. The molecule has 1 aliphatic heterocycles. The van der Waals surface area contributed by atoms with E-state index >= 15 is 0 Å². The first-order valence-corrected chi connectivity index (χ1v) is 12.0. The number of thioether (sulfide) groups is 1. The molecule has 6 nitrogen and oxygen atoms in total. The highest BCUT2D eigenvalue weighted by atomic mass is 32.2. The lowest BCUT2D eigenvalue weighted by atomic mass is 10.1. The number of nitrogens with one attached hydrogen (secondary N) is 1. The third-order valence-corrected chi connectivity index (χ3v) is 6.40. The largest absolute Gasteiger partial charge is 0.489 e. The maximum Gasteiger partial charge on any atom is 0.294 e. The van der Waals surface area contributed by atoms with Gasteiger partial charge in [0.25, 0.3) is 11.1 Å². The minimum atomic E-state index is -0.476. The minimum absolute atomic E-state index is 0.280. The summed E-state index contributed by atoms with van der Waals surface area (Å²) >= 11 is 0.830. The molecule has 0 aromatic heterocycles. The van der Waals surface area contributed by atoms with Crippen LogP contribution >= 0.6 is 11.8 Å². The van der Waals surface area contributed by atoms with E-state index in [1.165, 1.54) is 5.56 Å². The molecule has 4 rings (SSSR count). The molecule has 1 saturated heterocycles. The Labute approximate surface area is 209 Å². The monoisotopic (exact) mass is 486 g/mol. The SMILES string of the molecule is Cc1cccc(COc2ccc(/C=C3/SC(=O)N(CC(=O)Nc4ccc(C)cc4C)C3=O)cc2)c1. The first-order valence-electron chi connectivity index (χ1n) is 11.2. The van der Waals surface area contributed by atoms with Crippen LogP contribution in [0.1, 0.15) is 27.8 Å². The molecule has 0 aliphatic carbocycles. The summed E-state index contributed by atoms with van der Waals surface area (Å²) in [6.45, 7) is 6.03. The fourth-order valence-electron chi connectivity index (χ4n) is 3.70. The second-order valence-electron chi connectivity index (χ2n) is 8.48. The van der Waals surface area contributed by atoms with E-state index in [1.54, 1.807) is 6.08 Å². The van der Waals surface area contributed by atoms with E-state index < -0.39 is 17.1 Å². The molecule has 0 atom stereocenters. The van der Waals surface area contributed by atoms with E-state index in [1.807, 2.05) is 81.4 Å². The van der Waals surface area contributed by atoms with Crippen molar-refractivity contribution in [1.82, 2.24) is 4.90 Å². The van der Waals surface area contributed by atoms with Gasteiger partial charge in [-0.25, -0.2) is 0 Å². The summed E-state index contributed by atoms with van der Waals surface area (Å²) in [7, 11) is 0. The average Bonchev–Trinajstić information content (AvgIpc) is 3.08. The molecule has 7 heteroatoms. The Kier molecular flexibility index (Phi) is 7.36. The van der Waals surface area contributed by atoms with Crippen molar-refractivity contribution in [3.8, 4) is 5.75 Å². The molecule has 3 aromatic carbocycles. The number of aryl methyl sites for hydroxylation is 3. The summed E-state index contributed by atoms with van der Waals surface area (Å²) in [6, 6.07) is 21.1. The Morgan fingerprint density at radius 2 is 1.71 bits per heavy atom. The Bertz CT molecular complexity index is 1310. The molecule has 178 valence electrons. The van der Waals surface area contributed by atoms with E-state index in [-0.39, 0.29) is 11.4 Å². The maximum atomic E-state index is 12.8. The summed E-state index contributed by atoms with van der Waals surface area (Å²) < 4.78 is 5.84. The van der Waals surface area contributed by atoms with Gasteiger partial charge in [-0.05, 0) is 73.5 Å². The van der Waals surface area contributed by atoms with Gasteiger partial charge >= 0.3 is 0 Å². The van der Waals surface area contributed by atoms with Crippen molar-refractivity contribution in [3.05, 3.63) is 99.5 Å². The highest BCUT2D eigenvalue weighted by Gasteiger charge is 2.36. The number of hydrogen-bond acceptors (Lipinski definition) is 5. The van der Waals surface area contributed by atoms with E-state index in [4.69, 9.17) is 4.74 Å². The van der Waals surface area contributed by atoms with Crippen molar-refractivity contribution in [2.75, 3.05) is 11.9 Å². The lowest BCUT2D eigenvalue weighted by Gasteiger charge is -2.14. The standard InChI is InChI=1S/C28H26N2O4S/c1-18-5-4-6-22(14-18)17-34-23-10-8-21(9-11-23)15-25-27(32)30(28(33)35-25)16-26(31)29-24-12-7-19(2)13-20(24)3/h4-15H,16-17H2,1-3H3,(H,29,31)/b25-15+. The number of anilines is 1. The van der Waals surface area contributed by atoms with E-state index in [0.29, 0.717) is 18.0 Å². The third-order valence-electron chi connectivity index (χ3n) is 5.50. The summed E-state index contributed by atoms with van der Waals surface area (Å²) in [6.07, 6.45) is 1.65. The summed E-state index contributed by atoms with van der Waals surface area (Å²) in [5.41, 5.74) is 5.69. The van der Waals surface area contributed by atoms with Gasteiger partial charge < -0.3 is 10.1 Å². The predicted octanol–water partition coefficient (Wildman–Crippen LogP) is 5.87. The van der Waals surface area contributed by atoms with Gasteiger partial charge in [-0.1, -0.05) is 59.7 Å². The van der Waals surface area contributed by atoms with Gasteiger partial charge in [0, 0.05) is 5.69 Å². The topological polar surface area (TPSA) is 75.7 Å². The molecule has 1 N–H and O–H groups in total. The van der Waals surface area contributed by atoms with Crippen molar-refractivity contribution in [1.29, 1.82) is 0 Å². The zero-order valence-electron chi connectivity index (χ0n) is 19.8. The number of ether oxygens (including phenoxy) is 1. The van der Waals surface area contributed by atoms with E-state index in [0.717, 1.165) is 38.9 Å². The second kappa shape index (κ2) is 10.6. The second-order valence-corrected chi connectivity index (χ2v) is 9.47. The highest BCUT2D eigenvalue weighted by molar-refractivity contribution is 8.18. The number of rotatable bonds is 7. The molecule has 1 fully saturated rings. The van der Waals surface area contributed by atoms with Crippen molar-refractivity contribution in [2.24, 2.45) is 0 Å².